The van der Waals surface area contributed by atoms with Crippen LogP contribution in [0.15, 0.2) is 16.8 Å². The van der Waals surface area contributed by atoms with Crippen molar-refractivity contribution in [3.05, 3.63) is 22.4 Å². The molecule has 0 radical (unpaired) electrons. The first-order valence-electron chi connectivity index (χ1n) is 2.47. The Balaban J connectivity index is 2.77. The molecule has 0 nitrogen and oxygen atoms in total. The summed E-state index contributed by atoms with van der Waals surface area (Å²) in [5, 5.41) is 4.24. The summed E-state index contributed by atoms with van der Waals surface area (Å²) in [7, 11) is 0. The Bertz CT molecular complexity index is 144. The van der Waals surface area contributed by atoms with Gasteiger partial charge in [-0.3, -0.25) is 0 Å². The van der Waals surface area contributed by atoms with Crippen molar-refractivity contribution in [2.75, 3.05) is 0 Å². The Morgan fingerprint density at radius 1 is 1.75 bits per heavy atom. The van der Waals surface area contributed by atoms with E-state index in [1.807, 2.05) is 0 Å². The van der Waals surface area contributed by atoms with Crippen molar-refractivity contribution in [3.8, 4) is 0 Å². The van der Waals surface area contributed by atoms with E-state index in [-0.39, 0.29) is 0 Å². The molecular weight excluding hydrogens is 184 g/mol. The molecule has 1 heterocycles. The van der Waals surface area contributed by atoms with E-state index in [0.717, 1.165) is 0 Å². The van der Waals surface area contributed by atoms with Crippen LogP contribution in [-0.4, -0.2) is 0 Å². The van der Waals surface area contributed by atoms with Crippen LogP contribution in [0.4, 0.5) is 0 Å². The van der Waals surface area contributed by atoms with Gasteiger partial charge in [0.25, 0.3) is 0 Å². The number of rotatable bonds is 1. The molecular formula is C6H7BrS. The first-order valence-corrected chi connectivity index (χ1v) is 4.32. The fourth-order valence-corrected chi connectivity index (χ4v) is 1.72. The second-order valence-corrected chi connectivity index (χ2v) is 3.83. The van der Waals surface area contributed by atoms with Gasteiger partial charge in [-0.15, -0.1) is 0 Å². The highest BCUT2D eigenvalue weighted by Crippen LogP contribution is 2.22. The smallest absolute Gasteiger partial charge is 0.0375 e. The standard InChI is InChI=1S/C6H7BrS/c1-5(7)6-2-3-8-4-6/h2-5H,1H3/t5-/m1/s1. The highest BCUT2D eigenvalue weighted by atomic mass is 79.9. The van der Waals surface area contributed by atoms with Gasteiger partial charge in [-0.2, -0.15) is 11.3 Å². The highest BCUT2D eigenvalue weighted by Gasteiger charge is 1.97. The maximum atomic E-state index is 3.47. The quantitative estimate of drug-likeness (QED) is 0.598. The molecule has 0 aliphatic heterocycles. The van der Waals surface area contributed by atoms with Crippen LogP contribution >= 0.6 is 27.3 Å². The molecule has 0 bridgehead atoms. The minimum atomic E-state index is 0.508. The van der Waals surface area contributed by atoms with Crippen molar-refractivity contribution < 1.29 is 0 Å². The Morgan fingerprint density at radius 2 is 2.50 bits per heavy atom. The summed E-state index contributed by atoms with van der Waals surface area (Å²) in [4.78, 5) is 0.508. The summed E-state index contributed by atoms with van der Waals surface area (Å²) in [5.74, 6) is 0. The van der Waals surface area contributed by atoms with Gasteiger partial charge in [-0.05, 0) is 29.3 Å². The molecule has 0 amide bonds. The largest absolute Gasteiger partial charge is 0.152 e. The van der Waals surface area contributed by atoms with E-state index < -0.39 is 0 Å². The second kappa shape index (κ2) is 2.65. The molecule has 0 fully saturated rings. The van der Waals surface area contributed by atoms with Gasteiger partial charge in [0.2, 0.25) is 0 Å². The van der Waals surface area contributed by atoms with E-state index >= 15 is 0 Å². The van der Waals surface area contributed by atoms with E-state index in [9.17, 15) is 0 Å². The predicted octanol–water partition coefficient (Wildman–Crippen LogP) is 3.20. The van der Waals surface area contributed by atoms with Crippen molar-refractivity contribution >= 4 is 27.3 Å². The van der Waals surface area contributed by atoms with Crippen LogP contribution in [0.25, 0.3) is 0 Å². The van der Waals surface area contributed by atoms with Gasteiger partial charge in [0.05, 0.1) is 0 Å². The normalized spacial score (nSPS) is 13.8. The van der Waals surface area contributed by atoms with E-state index in [4.69, 9.17) is 0 Å². The molecule has 1 aromatic rings. The van der Waals surface area contributed by atoms with Crippen LogP contribution in [0.2, 0.25) is 0 Å². The average Bonchev–Trinajstić information content (AvgIpc) is 2.12. The Kier molecular flexibility index (Phi) is 2.08. The Labute approximate surface area is 61.7 Å². The van der Waals surface area contributed by atoms with Gasteiger partial charge in [0.15, 0.2) is 0 Å². The zero-order chi connectivity index (χ0) is 5.98. The van der Waals surface area contributed by atoms with E-state index in [2.05, 4.69) is 39.7 Å². The molecule has 1 atom stereocenters. The zero-order valence-corrected chi connectivity index (χ0v) is 7.00. The molecule has 0 aromatic carbocycles. The molecule has 0 aliphatic rings. The third kappa shape index (κ3) is 1.33. The minimum Gasteiger partial charge on any atom is -0.152 e. The van der Waals surface area contributed by atoms with Gasteiger partial charge < -0.3 is 0 Å². The van der Waals surface area contributed by atoms with Gasteiger partial charge in [-0.25, -0.2) is 0 Å². The monoisotopic (exact) mass is 190 g/mol. The van der Waals surface area contributed by atoms with E-state index in [1.165, 1.54) is 5.56 Å². The Hall–Kier alpha value is 0.180. The predicted molar refractivity (Wildman–Crippen MR) is 41.7 cm³/mol. The van der Waals surface area contributed by atoms with Gasteiger partial charge in [-0.1, -0.05) is 15.9 Å². The van der Waals surface area contributed by atoms with E-state index in [0.29, 0.717) is 4.83 Å². The van der Waals surface area contributed by atoms with Gasteiger partial charge >= 0.3 is 0 Å². The molecule has 0 saturated heterocycles. The molecule has 0 N–H and O–H groups in total. The number of thiophene rings is 1. The summed E-state index contributed by atoms with van der Waals surface area (Å²) in [6.45, 7) is 2.13. The number of hydrogen-bond donors (Lipinski definition) is 0. The van der Waals surface area contributed by atoms with Crippen molar-refractivity contribution in [2.24, 2.45) is 0 Å². The topological polar surface area (TPSA) is 0 Å². The highest BCUT2D eigenvalue weighted by molar-refractivity contribution is 9.09. The average molecular weight is 191 g/mol. The third-order valence-corrected chi connectivity index (χ3v) is 2.23. The summed E-state index contributed by atoms with van der Waals surface area (Å²) in [6, 6.07) is 2.13. The molecule has 2 heteroatoms. The van der Waals surface area contributed by atoms with Crippen LogP contribution in [0.5, 0.6) is 0 Å². The molecule has 44 valence electrons. The van der Waals surface area contributed by atoms with Gasteiger partial charge in [0.1, 0.15) is 0 Å². The summed E-state index contributed by atoms with van der Waals surface area (Å²) < 4.78 is 0. The van der Waals surface area contributed by atoms with E-state index in [1.54, 1.807) is 11.3 Å². The first-order chi connectivity index (χ1) is 3.80. The summed E-state index contributed by atoms with van der Waals surface area (Å²) >= 11 is 5.21. The maximum absolute atomic E-state index is 3.47. The van der Waals surface area contributed by atoms with Crippen LogP contribution in [-0.2, 0) is 0 Å². The Morgan fingerprint density at radius 3 is 2.75 bits per heavy atom. The molecule has 1 rings (SSSR count). The summed E-state index contributed by atoms with van der Waals surface area (Å²) in [5.41, 5.74) is 1.37. The maximum Gasteiger partial charge on any atom is 0.0375 e. The lowest BCUT2D eigenvalue weighted by Gasteiger charge is -1.93. The first kappa shape index (κ1) is 6.30. The lowest BCUT2D eigenvalue weighted by Crippen LogP contribution is -1.73. The van der Waals surface area contributed by atoms with Gasteiger partial charge in [0, 0.05) is 4.83 Å². The zero-order valence-electron chi connectivity index (χ0n) is 4.60. The van der Waals surface area contributed by atoms with Crippen LogP contribution in [0, 0.1) is 0 Å². The number of halogens is 1. The number of alkyl halides is 1. The molecule has 0 spiro atoms. The lowest BCUT2D eigenvalue weighted by atomic mass is 10.3. The fourth-order valence-electron chi connectivity index (χ4n) is 0.501. The van der Waals surface area contributed by atoms with Crippen LogP contribution < -0.4 is 0 Å². The number of hydrogen-bond acceptors (Lipinski definition) is 1. The third-order valence-electron chi connectivity index (χ3n) is 1.00. The van der Waals surface area contributed by atoms with Crippen molar-refractivity contribution in [3.63, 3.8) is 0 Å². The molecule has 0 unspecified atom stereocenters. The molecule has 0 saturated carbocycles. The molecule has 1 aromatic heterocycles. The van der Waals surface area contributed by atoms with Crippen LogP contribution in [0.3, 0.4) is 0 Å². The second-order valence-electron chi connectivity index (χ2n) is 1.67. The SMILES string of the molecule is C[C@@H](Br)c1ccsc1. The molecule has 8 heavy (non-hydrogen) atoms. The minimum absolute atomic E-state index is 0.508. The van der Waals surface area contributed by atoms with Crippen molar-refractivity contribution in [1.82, 2.24) is 0 Å². The van der Waals surface area contributed by atoms with Crippen molar-refractivity contribution in [2.45, 2.75) is 11.8 Å². The molecule has 0 aliphatic carbocycles. The summed E-state index contributed by atoms with van der Waals surface area (Å²) in [6.07, 6.45) is 0. The fraction of sp³-hybridized carbons (Fsp3) is 0.333. The van der Waals surface area contributed by atoms with Crippen LogP contribution in [0.1, 0.15) is 17.3 Å². The van der Waals surface area contributed by atoms with Crippen molar-refractivity contribution in [1.29, 1.82) is 0 Å². The lowest BCUT2D eigenvalue weighted by molar-refractivity contribution is 1.14.